The van der Waals surface area contributed by atoms with Crippen LogP contribution >= 0.6 is 0 Å². The molecule has 0 unspecified atom stereocenters. The molecular weight excluding hydrogens is 260 g/mol. The van der Waals surface area contributed by atoms with Gasteiger partial charge in [-0.2, -0.15) is 5.10 Å². The Balaban J connectivity index is 2.51. The minimum absolute atomic E-state index is 0.0731. The van der Waals surface area contributed by atoms with Crippen molar-refractivity contribution in [2.45, 2.75) is 60.5 Å². The topological polar surface area (TPSA) is 42.7 Å². The van der Waals surface area contributed by atoms with Crippen LogP contribution in [-0.4, -0.2) is 20.3 Å². The van der Waals surface area contributed by atoms with Crippen molar-refractivity contribution in [1.82, 2.24) is 20.1 Å². The van der Waals surface area contributed by atoms with Crippen molar-refractivity contribution in [3.05, 3.63) is 40.3 Å². The number of aryl methyl sites for hydroxylation is 4. The number of aromatic nitrogens is 3. The molecule has 0 spiro atoms. The third-order valence-electron chi connectivity index (χ3n) is 3.46. The van der Waals surface area contributed by atoms with Crippen LogP contribution in [0.5, 0.6) is 0 Å². The highest BCUT2D eigenvalue weighted by atomic mass is 15.3. The Labute approximate surface area is 127 Å². The van der Waals surface area contributed by atoms with Gasteiger partial charge in [-0.15, -0.1) is 0 Å². The van der Waals surface area contributed by atoms with Gasteiger partial charge in [0.05, 0.1) is 5.69 Å². The first-order valence-corrected chi connectivity index (χ1v) is 7.43. The normalized spacial score (nSPS) is 12.0. The molecule has 2 aromatic heterocycles. The average molecular weight is 286 g/mol. The molecule has 0 aliphatic rings. The highest BCUT2D eigenvalue weighted by molar-refractivity contribution is 5.42. The van der Waals surface area contributed by atoms with Crippen LogP contribution in [-0.2, 0) is 6.54 Å². The Morgan fingerprint density at radius 3 is 2.24 bits per heavy atom. The molecule has 0 aliphatic carbocycles. The quantitative estimate of drug-likeness (QED) is 0.940. The van der Waals surface area contributed by atoms with Crippen LogP contribution in [0.3, 0.4) is 0 Å². The summed E-state index contributed by atoms with van der Waals surface area (Å²) in [5.41, 5.74) is 5.69. The van der Waals surface area contributed by atoms with Crippen LogP contribution in [0.1, 0.15) is 49.0 Å². The summed E-state index contributed by atoms with van der Waals surface area (Å²) in [5.74, 6) is 0.940. The van der Waals surface area contributed by atoms with Crippen molar-refractivity contribution in [2.75, 3.05) is 0 Å². The Hall–Kier alpha value is -1.68. The zero-order valence-corrected chi connectivity index (χ0v) is 14.2. The number of hydrogen-bond donors (Lipinski definition) is 1. The summed E-state index contributed by atoms with van der Waals surface area (Å²) >= 11 is 0. The van der Waals surface area contributed by atoms with Gasteiger partial charge in [-0.05, 0) is 66.2 Å². The van der Waals surface area contributed by atoms with E-state index >= 15 is 0 Å². The molecule has 0 aliphatic heterocycles. The predicted octanol–water partition coefficient (Wildman–Crippen LogP) is 3.39. The van der Waals surface area contributed by atoms with Gasteiger partial charge in [-0.25, -0.2) is 9.67 Å². The fourth-order valence-electron chi connectivity index (χ4n) is 2.43. The second-order valence-electron chi connectivity index (χ2n) is 6.83. The second-order valence-corrected chi connectivity index (χ2v) is 6.83. The molecule has 2 heterocycles. The van der Waals surface area contributed by atoms with Gasteiger partial charge in [-0.3, -0.25) is 0 Å². The van der Waals surface area contributed by atoms with Gasteiger partial charge in [0, 0.05) is 29.0 Å². The summed E-state index contributed by atoms with van der Waals surface area (Å²) in [6.45, 7) is 15.6. The molecule has 0 atom stereocenters. The smallest absolute Gasteiger partial charge is 0.158 e. The first-order valence-electron chi connectivity index (χ1n) is 7.43. The zero-order chi connectivity index (χ0) is 15.8. The van der Waals surface area contributed by atoms with Gasteiger partial charge in [-0.1, -0.05) is 0 Å². The molecule has 4 nitrogen and oxygen atoms in total. The van der Waals surface area contributed by atoms with Gasteiger partial charge >= 0.3 is 0 Å². The lowest BCUT2D eigenvalue weighted by Gasteiger charge is -2.23. The first-order chi connectivity index (χ1) is 9.67. The standard InChI is InChI=1S/C17H26N4/c1-11-8-12(2)19-16(15(11)10-18-17(5,6)7)21-14(4)9-13(3)20-21/h8-9,18H,10H2,1-7H3. The Bertz CT molecular complexity index is 648. The lowest BCUT2D eigenvalue weighted by molar-refractivity contribution is 0.422. The maximum atomic E-state index is 4.74. The Kier molecular flexibility index (Phi) is 4.19. The summed E-state index contributed by atoms with van der Waals surface area (Å²) in [4.78, 5) is 4.74. The molecule has 0 aromatic carbocycles. The van der Waals surface area contributed by atoms with Crippen molar-refractivity contribution < 1.29 is 0 Å². The van der Waals surface area contributed by atoms with Gasteiger partial charge in [0.25, 0.3) is 0 Å². The molecule has 0 radical (unpaired) electrons. The minimum Gasteiger partial charge on any atom is -0.308 e. The maximum absolute atomic E-state index is 4.74. The van der Waals surface area contributed by atoms with E-state index in [1.165, 1.54) is 11.1 Å². The lowest BCUT2D eigenvalue weighted by Crippen LogP contribution is -2.35. The van der Waals surface area contributed by atoms with E-state index in [0.717, 1.165) is 29.4 Å². The van der Waals surface area contributed by atoms with E-state index in [4.69, 9.17) is 4.98 Å². The number of rotatable bonds is 3. The monoisotopic (exact) mass is 286 g/mol. The molecule has 2 aromatic rings. The molecule has 21 heavy (non-hydrogen) atoms. The van der Waals surface area contributed by atoms with Crippen molar-refractivity contribution in [3.63, 3.8) is 0 Å². The largest absolute Gasteiger partial charge is 0.308 e. The Morgan fingerprint density at radius 2 is 1.71 bits per heavy atom. The third-order valence-corrected chi connectivity index (χ3v) is 3.46. The molecular formula is C17H26N4. The highest BCUT2D eigenvalue weighted by Gasteiger charge is 2.16. The van der Waals surface area contributed by atoms with Crippen LogP contribution in [0.15, 0.2) is 12.1 Å². The van der Waals surface area contributed by atoms with Crippen LogP contribution in [0, 0.1) is 27.7 Å². The lowest BCUT2D eigenvalue weighted by atomic mass is 10.1. The SMILES string of the molecule is Cc1cc(C)c(CNC(C)(C)C)c(-n2nc(C)cc2C)n1. The van der Waals surface area contributed by atoms with E-state index in [9.17, 15) is 0 Å². The average Bonchev–Trinajstić information content (AvgIpc) is 2.65. The van der Waals surface area contributed by atoms with E-state index in [1.54, 1.807) is 0 Å². The highest BCUT2D eigenvalue weighted by Crippen LogP contribution is 2.20. The number of nitrogens with one attached hydrogen (secondary N) is 1. The summed E-state index contributed by atoms with van der Waals surface area (Å²) in [7, 11) is 0. The fourth-order valence-corrected chi connectivity index (χ4v) is 2.43. The molecule has 0 saturated carbocycles. The molecule has 4 heteroatoms. The summed E-state index contributed by atoms with van der Waals surface area (Å²) in [5, 5.41) is 8.15. The van der Waals surface area contributed by atoms with Crippen molar-refractivity contribution in [1.29, 1.82) is 0 Å². The van der Waals surface area contributed by atoms with Crippen LogP contribution in [0.4, 0.5) is 0 Å². The van der Waals surface area contributed by atoms with Gasteiger partial charge in [0.1, 0.15) is 0 Å². The van der Waals surface area contributed by atoms with E-state index in [2.05, 4.69) is 57.2 Å². The van der Waals surface area contributed by atoms with Gasteiger partial charge in [0.15, 0.2) is 5.82 Å². The van der Waals surface area contributed by atoms with Gasteiger partial charge < -0.3 is 5.32 Å². The Morgan fingerprint density at radius 1 is 1.05 bits per heavy atom. The second kappa shape index (κ2) is 5.60. The van der Waals surface area contributed by atoms with Gasteiger partial charge in [0.2, 0.25) is 0 Å². The van der Waals surface area contributed by atoms with E-state index < -0.39 is 0 Å². The molecule has 0 amide bonds. The summed E-state index contributed by atoms with van der Waals surface area (Å²) in [6, 6.07) is 4.22. The summed E-state index contributed by atoms with van der Waals surface area (Å²) < 4.78 is 1.95. The summed E-state index contributed by atoms with van der Waals surface area (Å²) in [6.07, 6.45) is 0. The van der Waals surface area contributed by atoms with Crippen LogP contribution in [0.25, 0.3) is 5.82 Å². The third kappa shape index (κ3) is 3.70. The van der Waals surface area contributed by atoms with E-state index in [0.29, 0.717) is 0 Å². The van der Waals surface area contributed by atoms with Crippen molar-refractivity contribution in [3.8, 4) is 5.82 Å². The molecule has 114 valence electrons. The van der Waals surface area contributed by atoms with E-state index in [1.807, 2.05) is 18.5 Å². The van der Waals surface area contributed by atoms with Crippen molar-refractivity contribution >= 4 is 0 Å². The number of pyridine rings is 1. The predicted molar refractivity (Wildman–Crippen MR) is 86.9 cm³/mol. The maximum Gasteiger partial charge on any atom is 0.158 e. The molecule has 0 fully saturated rings. The molecule has 0 bridgehead atoms. The minimum atomic E-state index is 0.0731. The molecule has 1 N–H and O–H groups in total. The zero-order valence-electron chi connectivity index (χ0n) is 14.2. The number of hydrogen-bond acceptors (Lipinski definition) is 3. The van der Waals surface area contributed by atoms with E-state index in [-0.39, 0.29) is 5.54 Å². The van der Waals surface area contributed by atoms with Crippen LogP contribution < -0.4 is 5.32 Å². The molecule has 0 saturated heterocycles. The molecule has 2 rings (SSSR count). The fraction of sp³-hybridized carbons (Fsp3) is 0.529. The first kappa shape index (κ1) is 15.7. The van der Waals surface area contributed by atoms with Crippen LogP contribution in [0.2, 0.25) is 0 Å². The number of nitrogens with zero attached hydrogens (tertiary/aromatic N) is 3. The van der Waals surface area contributed by atoms with Crippen molar-refractivity contribution in [2.24, 2.45) is 0 Å².